The molecule has 0 fully saturated rings. The Labute approximate surface area is 187 Å². The molecule has 0 bridgehead atoms. The van der Waals surface area contributed by atoms with Crippen LogP contribution in [0.25, 0.3) is 11.5 Å². The van der Waals surface area contributed by atoms with Crippen LogP contribution in [-0.4, -0.2) is 42.7 Å². The number of hydrogen-bond donors (Lipinski definition) is 2. The number of hydrogen-bond acceptors (Lipinski definition) is 8. The molecule has 0 saturated carbocycles. The molecule has 1 aliphatic heterocycles. The third kappa shape index (κ3) is 5.51. The highest BCUT2D eigenvalue weighted by atomic mass is 32.2. The molecular weight excluding hydrogens is 457 g/mol. The van der Waals surface area contributed by atoms with Crippen LogP contribution in [0.15, 0.2) is 68.1 Å². The summed E-state index contributed by atoms with van der Waals surface area (Å²) in [5.41, 5.74) is 0.898. The van der Waals surface area contributed by atoms with Crippen molar-refractivity contribution in [1.29, 1.82) is 0 Å². The lowest BCUT2D eigenvalue weighted by Crippen LogP contribution is -2.29. The molecule has 2 aromatic carbocycles. The standard InChI is InChI=1S/C20H18FN5O4S2/c21-14-8-6-13(7-9-14)19-24-25-20(30-19)31-12-18(27)23-15-3-1-4-16(11-15)32(28,29)26-17-5-2-10-22-17/h1,3-4,6-9,11H,2,5,10,12H2,(H,22,26)(H,23,27). The highest BCUT2D eigenvalue weighted by Gasteiger charge is 2.19. The normalized spacial score (nSPS) is 13.6. The third-order valence-electron chi connectivity index (χ3n) is 4.38. The molecule has 2 heterocycles. The fraction of sp³-hybridized carbons (Fsp3) is 0.200. The SMILES string of the molecule is O=C(CSc1nnc(-c2ccc(F)cc2)o1)Nc1cccc(S(=O)(=O)NC2=NCCC2)c1. The van der Waals surface area contributed by atoms with Crippen LogP contribution >= 0.6 is 11.8 Å². The molecule has 0 unspecified atom stereocenters. The minimum Gasteiger partial charge on any atom is -0.411 e. The van der Waals surface area contributed by atoms with Crippen molar-refractivity contribution in [3.05, 3.63) is 54.3 Å². The second kappa shape index (κ2) is 9.49. The lowest BCUT2D eigenvalue weighted by molar-refractivity contribution is -0.113. The van der Waals surface area contributed by atoms with Crippen LogP contribution in [0.4, 0.5) is 10.1 Å². The minimum atomic E-state index is -3.78. The fourth-order valence-corrected chi connectivity index (χ4v) is 4.58. The molecule has 0 saturated heterocycles. The quantitative estimate of drug-likeness (QED) is 0.503. The molecule has 12 heteroatoms. The number of nitrogens with one attached hydrogen (secondary N) is 2. The highest BCUT2D eigenvalue weighted by molar-refractivity contribution is 7.99. The van der Waals surface area contributed by atoms with Gasteiger partial charge in [0.25, 0.3) is 15.2 Å². The zero-order valence-corrected chi connectivity index (χ0v) is 18.2. The van der Waals surface area contributed by atoms with Crippen molar-refractivity contribution >= 4 is 39.2 Å². The van der Waals surface area contributed by atoms with Crippen LogP contribution in [-0.2, 0) is 14.8 Å². The van der Waals surface area contributed by atoms with Gasteiger partial charge in [0.15, 0.2) is 0 Å². The van der Waals surface area contributed by atoms with Gasteiger partial charge in [-0.15, -0.1) is 10.2 Å². The second-order valence-electron chi connectivity index (χ2n) is 6.78. The summed E-state index contributed by atoms with van der Waals surface area (Å²) in [7, 11) is -3.78. The number of carbonyl (C=O) groups excluding carboxylic acids is 1. The number of sulfonamides is 1. The Bertz CT molecular complexity index is 1260. The van der Waals surface area contributed by atoms with E-state index in [0.29, 0.717) is 30.1 Å². The highest BCUT2D eigenvalue weighted by Crippen LogP contribution is 2.24. The van der Waals surface area contributed by atoms with Gasteiger partial charge in [-0.2, -0.15) is 0 Å². The van der Waals surface area contributed by atoms with Gasteiger partial charge in [0.2, 0.25) is 11.8 Å². The summed E-state index contributed by atoms with van der Waals surface area (Å²) >= 11 is 1.02. The summed E-state index contributed by atoms with van der Waals surface area (Å²) in [5.74, 6) is -0.129. The first-order valence-electron chi connectivity index (χ1n) is 9.57. The fourth-order valence-electron chi connectivity index (χ4n) is 2.88. The van der Waals surface area contributed by atoms with Crippen molar-refractivity contribution in [2.75, 3.05) is 17.6 Å². The van der Waals surface area contributed by atoms with Crippen LogP contribution in [0, 0.1) is 5.82 Å². The van der Waals surface area contributed by atoms with Gasteiger partial charge in [-0.3, -0.25) is 14.5 Å². The number of aromatic nitrogens is 2. The molecule has 2 N–H and O–H groups in total. The van der Waals surface area contributed by atoms with Crippen molar-refractivity contribution in [2.24, 2.45) is 4.99 Å². The summed E-state index contributed by atoms with van der Waals surface area (Å²) < 4.78 is 46.0. The first-order valence-corrected chi connectivity index (χ1v) is 12.0. The Morgan fingerprint density at radius 1 is 1.16 bits per heavy atom. The Morgan fingerprint density at radius 3 is 2.72 bits per heavy atom. The maximum Gasteiger partial charge on any atom is 0.277 e. The molecular formula is C20H18FN5O4S2. The van der Waals surface area contributed by atoms with Crippen molar-refractivity contribution in [3.8, 4) is 11.5 Å². The van der Waals surface area contributed by atoms with Crippen molar-refractivity contribution < 1.29 is 22.0 Å². The predicted molar refractivity (Wildman–Crippen MR) is 117 cm³/mol. The number of benzene rings is 2. The van der Waals surface area contributed by atoms with Gasteiger partial charge in [0.1, 0.15) is 11.7 Å². The summed E-state index contributed by atoms with van der Waals surface area (Å²) in [6, 6.07) is 11.5. The molecule has 1 aliphatic rings. The molecule has 0 atom stereocenters. The zero-order valence-electron chi connectivity index (χ0n) is 16.6. The number of halogens is 1. The molecule has 3 aromatic rings. The molecule has 0 radical (unpaired) electrons. The van der Waals surface area contributed by atoms with Gasteiger partial charge in [0, 0.05) is 24.2 Å². The first kappa shape index (κ1) is 22.0. The van der Waals surface area contributed by atoms with Crippen LogP contribution < -0.4 is 10.0 Å². The average molecular weight is 476 g/mol. The summed E-state index contributed by atoms with van der Waals surface area (Å²) in [5, 5.41) is 10.6. The number of rotatable bonds is 7. The summed E-state index contributed by atoms with van der Waals surface area (Å²) in [4.78, 5) is 16.4. The Hall–Kier alpha value is -3.25. The maximum absolute atomic E-state index is 13.0. The van der Waals surface area contributed by atoms with Crippen LogP contribution in [0.1, 0.15) is 12.8 Å². The number of thioether (sulfide) groups is 1. The van der Waals surface area contributed by atoms with E-state index in [9.17, 15) is 17.6 Å². The maximum atomic E-state index is 13.0. The molecule has 32 heavy (non-hydrogen) atoms. The number of aliphatic imine (C=N–C) groups is 1. The summed E-state index contributed by atoms with van der Waals surface area (Å²) in [6.07, 6.45) is 1.41. The van der Waals surface area contributed by atoms with Gasteiger partial charge in [-0.05, 0) is 48.9 Å². The van der Waals surface area contributed by atoms with Crippen LogP contribution in [0.3, 0.4) is 0 Å². The van der Waals surface area contributed by atoms with Crippen molar-refractivity contribution in [3.63, 3.8) is 0 Å². The van der Waals surface area contributed by atoms with E-state index in [-0.39, 0.29) is 33.5 Å². The largest absolute Gasteiger partial charge is 0.411 e. The van der Waals surface area contributed by atoms with Gasteiger partial charge in [0.05, 0.1) is 10.6 Å². The molecule has 0 spiro atoms. The number of nitrogens with zero attached hydrogens (tertiary/aromatic N) is 3. The average Bonchev–Trinajstić information content (AvgIpc) is 3.45. The molecule has 1 amide bonds. The number of anilines is 1. The Balaban J connectivity index is 1.34. The molecule has 9 nitrogen and oxygen atoms in total. The van der Waals surface area contributed by atoms with E-state index in [4.69, 9.17) is 4.42 Å². The minimum absolute atomic E-state index is 0.0263. The molecule has 1 aromatic heterocycles. The molecule has 4 rings (SSSR count). The first-order chi connectivity index (χ1) is 15.4. The summed E-state index contributed by atoms with van der Waals surface area (Å²) in [6.45, 7) is 0.608. The lowest BCUT2D eigenvalue weighted by atomic mass is 10.2. The van der Waals surface area contributed by atoms with E-state index < -0.39 is 10.0 Å². The van der Waals surface area contributed by atoms with Gasteiger partial charge in [-0.25, -0.2) is 12.8 Å². The second-order valence-corrected chi connectivity index (χ2v) is 9.39. The molecule has 0 aliphatic carbocycles. The Morgan fingerprint density at radius 2 is 1.97 bits per heavy atom. The van der Waals surface area contributed by atoms with Gasteiger partial charge >= 0.3 is 0 Å². The van der Waals surface area contributed by atoms with E-state index in [2.05, 4.69) is 25.2 Å². The van der Waals surface area contributed by atoms with Crippen LogP contribution in [0.5, 0.6) is 0 Å². The number of carbonyl (C=O) groups is 1. The van der Waals surface area contributed by atoms with Gasteiger partial charge in [-0.1, -0.05) is 17.8 Å². The smallest absolute Gasteiger partial charge is 0.277 e. The van der Waals surface area contributed by atoms with E-state index in [1.165, 1.54) is 36.4 Å². The van der Waals surface area contributed by atoms with Gasteiger partial charge < -0.3 is 9.73 Å². The monoisotopic (exact) mass is 475 g/mol. The number of amidine groups is 1. The molecule has 166 valence electrons. The lowest BCUT2D eigenvalue weighted by Gasteiger charge is -2.10. The van der Waals surface area contributed by atoms with E-state index >= 15 is 0 Å². The predicted octanol–water partition coefficient (Wildman–Crippen LogP) is 3.08. The number of amides is 1. The topological polar surface area (TPSA) is 127 Å². The van der Waals surface area contributed by atoms with E-state index in [1.54, 1.807) is 12.1 Å². The van der Waals surface area contributed by atoms with Crippen LogP contribution in [0.2, 0.25) is 0 Å². The zero-order chi connectivity index (χ0) is 22.6. The van der Waals surface area contributed by atoms with Crippen molar-refractivity contribution in [2.45, 2.75) is 23.0 Å². The van der Waals surface area contributed by atoms with E-state index in [1.807, 2.05) is 0 Å². The Kier molecular flexibility index (Phi) is 6.51. The third-order valence-corrected chi connectivity index (χ3v) is 6.58. The van der Waals surface area contributed by atoms with E-state index in [0.717, 1.165) is 18.2 Å². The van der Waals surface area contributed by atoms with Crippen molar-refractivity contribution in [1.82, 2.24) is 14.9 Å².